The molecule has 9 heteroatoms. The zero-order valence-electron chi connectivity index (χ0n) is 13.4. The van der Waals surface area contributed by atoms with Crippen LogP contribution in [0.1, 0.15) is 18.9 Å². The number of hydrogen-bond acceptors (Lipinski definition) is 4. The van der Waals surface area contributed by atoms with Gasteiger partial charge in [-0.3, -0.25) is 9.59 Å². The highest BCUT2D eigenvalue weighted by molar-refractivity contribution is 6.06. The van der Waals surface area contributed by atoms with Crippen molar-refractivity contribution in [3.8, 4) is 0 Å². The molecule has 134 valence electrons. The van der Waals surface area contributed by atoms with E-state index in [1.165, 1.54) is 13.0 Å². The molecule has 1 aliphatic heterocycles. The molecule has 2 N–H and O–H groups in total. The number of nitrogens with one attached hydrogen (secondary N) is 2. The number of ether oxygens (including phenoxy) is 1. The van der Waals surface area contributed by atoms with E-state index in [0.29, 0.717) is 0 Å². The molecule has 1 aromatic rings. The Bertz CT molecular complexity index is 756. The Kier molecular flexibility index (Phi) is 5.15. The molecular weight excluding hydrogens is 341 g/mol. The maximum absolute atomic E-state index is 12.7. The summed E-state index contributed by atoms with van der Waals surface area (Å²) in [6.07, 6.45) is -4.87. The highest BCUT2D eigenvalue weighted by Crippen LogP contribution is 2.31. The van der Waals surface area contributed by atoms with Crippen LogP contribution < -0.4 is 10.6 Å². The van der Waals surface area contributed by atoms with Crippen LogP contribution in [-0.4, -0.2) is 24.9 Å². The first-order chi connectivity index (χ1) is 11.6. The van der Waals surface area contributed by atoms with E-state index in [-0.39, 0.29) is 23.4 Å². The molecule has 1 atom stereocenters. The van der Waals surface area contributed by atoms with Gasteiger partial charge in [0.1, 0.15) is 0 Å². The molecule has 0 aliphatic carbocycles. The summed E-state index contributed by atoms with van der Waals surface area (Å²) in [5.41, 5.74) is -0.877. The number of rotatable bonds is 3. The number of amides is 2. The van der Waals surface area contributed by atoms with Crippen LogP contribution in [0.5, 0.6) is 0 Å². The van der Waals surface area contributed by atoms with Gasteiger partial charge in [0.05, 0.1) is 24.2 Å². The second-order valence-electron chi connectivity index (χ2n) is 5.40. The van der Waals surface area contributed by atoms with Crippen molar-refractivity contribution in [1.29, 1.82) is 0 Å². The quantitative estimate of drug-likeness (QED) is 0.814. The van der Waals surface area contributed by atoms with Gasteiger partial charge in [-0.25, -0.2) is 4.79 Å². The summed E-state index contributed by atoms with van der Waals surface area (Å²) >= 11 is 0. The molecule has 0 saturated heterocycles. The highest BCUT2D eigenvalue weighted by atomic mass is 19.4. The van der Waals surface area contributed by atoms with Gasteiger partial charge in [0.2, 0.25) is 11.8 Å². The predicted molar refractivity (Wildman–Crippen MR) is 81.0 cm³/mol. The summed E-state index contributed by atoms with van der Waals surface area (Å²) < 4.78 is 42.8. The second-order valence-corrected chi connectivity index (χ2v) is 5.40. The first-order valence-corrected chi connectivity index (χ1v) is 7.20. The summed E-state index contributed by atoms with van der Waals surface area (Å²) in [5.74, 6) is -3.19. The standard InChI is InChI=1S/C16H15F3N2O4/c1-8-13(15(24)25-2)11(7-12(22)20-8)14(23)21-10-5-3-4-9(6-10)16(17,18)19/h3-6,11H,7H2,1-2H3,(H,20,22)(H,21,23)/t11-/m1/s1. The second kappa shape index (κ2) is 6.96. The Hall–Kier alpha value is -2.84. The number of anilines is 1. The van der Waals surface area contributed by atoms with E-state index in [1.807, 2.05) is 0 Å². The van der Waals surface area contributed by atoms with Crippen LogP contribution in [0.15, 0.2) is 35.5 Å². The first kappa shape index (κ1) is 18.5. The maximum atomic E-state index is 12.7. The van der Waals surface area contributed by atoms with Gasteiger partial charge in [-0.15, -0.1) is 0 Å². The van der Waals surface area contributed by atoms with Gasteiger partial charge in [-0.05, 0) is 25.1 Å². The molecule has 0 saturated carbocycles. The van der Waals surface area contributed by atoms with E-state index in [1.54, 1.807) is 0 Å². The Labute approximate surface area is 141 Å². The van der Waals surface area contributed by atoms with Crippen LogP contribution >= 0.6 is 0 Å². The molecule has 6 nitrogen and oxygen atoms in total. The molecule has 2 rings (SSSR count). The summed E-state index contributed by atoms with van der Waals surface area (Å²) in [5, 5.41) is 4.75. The topological polar surface area (TPSA) is 84.5 Å². The Morgan fingerprint density at radius 1 is 1.32 bits per heavy atom. The molecule has 25 heavy (non-hydrogen) atoms. The van der Waals surface area contributed by atoms with Gasteiger partial charge in [0.15, 0.2) is 0 Å². The number of allylic oxidation sites excluding steroid dienone is 1. The third-order valence-electron chi connectivity index (χ3n) is 3.65. The molecule has 0 fully saturated rings. The number of carbonyl (C=O) groups is 3. The number of benzene rings is 1. The molecule has 0 spiro atoms. The minimum atomic E-state index is -4.56. The average Bonchev–Trinajstić information content (AvgIpc) is 2.53. The van der Waals surface area contributed by atoms with Crippen LogP contribution in [0.2, 0.25) is 0 Å². The van der Waals surface area contributed by atoms with E-state index in [4.69, 9.17) is 0 Å². The normalized spacial score (nSPS) is 17.8. The molecular formula is C16H15F3N2O4. The van der Waals surface area contributed by atoms with Crippen LogP contribution in [0.4, 0.5) is 18.9 Å². The van der Waals surface area contributed by atoms with Crippen LogP contribution in [0, 0.1) is 5.92 Å². The van der Waals surface area contributed by atoms with Crippen LogP contribution in [-0.2, 0) is 25.3 Å². The van der Waals surface area contributed by atoms with Gasteiger partial charge in [-0.1, -0.05) is 6.07 Å². The summed E-state index contributed by atoms with van der Waals surface area (Å²) in [6, 6.07) is 4.07. The highest BCUT2D eigenvalue weighted by Gasteiger charge is 2.36. The van der Waals surface area contributed by atoms with Gasteiger partial charge in [0.25, 0.3) is 0 Å². The number of alkyl halides is 3. The van der Waals surface area contributed by atoms with Gasteiger partial charge in [0, 0.05) is 17.8 Å². The molecule has 0 unspecified atom stereocenters. The monoisotopic (exact) mass is 356 g/mol. The van der Waals surface area contributed by atoms with Gasteiger partial charge >= 0.3 is 12.1 Å². The number of carbonyl (C=O) groups excluding carboxylic acids is 3. The molecule has 1 heterocycles. The number of halogens is 3. The molecule has 0 bridgehead atoms. The van der Waals surface area contributed by atoms with Crippen molar-refractivity contribution in [3.63, 3.8) is 0 Å². The third kappa shape index (κ3) is 4.17. The lowest BCUT2D eigenvalue weighted by atomic mass is 9.89. The third-order valence-corrected chi connectivity index (χ3v) is 3.65. The Morgan fingerprint density at radius 3 is 2.60 bits per heavy atom. The van der Waals surface area contributed by atoms with Crippen molar-refractivity contribution in [2.45, 2.75) is 19.5 Å². The zero-order chi connectivity index (χ0) is 18.8. The van der Waals surface area contributed by atoms with Crippen molar-refractivity contribution in [1.82, 2.24) is 5.32 Å². The summed E-state index contributed by atoms with van der Waals surface area (Å²) in [6.45, 7) is 1.44. The fourth-order valence-corrected chi connectivity index (χ4v) is 2.51. The number of hydrogen-bond donors (Lipinski definition) is 2. The lowest BCUT2D eigenvalue weighted by molar-refractivity contribution is -0.139. The predicted octanol–water partition coefficient (Wildman–Crippen LogP) is 2.23. The summed E-state index contributed by atoms with van der Waals surface area (Å²) in [4.78, 5) is 36.0. The Balaban J connectivity index is 2.29. The zero-order valence-corrected chi connectivity index (χ0v) is 13.4. The van der Waals surface area contributed by atoms with Crippen molar-refractivity contribution in [2.24, 2.45) is 5.92 Å². The van der Waals surface area contributed by atoms with Crippen molar-refractivity contribution < 1.29 is 32.3 Å². The molecule has 0 aromatic heterocycles. The number of methoxy groups -OCH3 is 1. The molecule has 1 aliphatic rings. The summed E-state index contributed by atoms with van der Waals surface area (Å²) in [7, 11) is 1.13. The van der Waals surface area contributed by atoms with E-state index >= 15 is 0 Å². The van der Waals surface area contributed by atoms with Crippen molar-refractivity contribution in [3.05, 3.63) is 41.1 Å². The maximum Gasteiger partial charge on any atom is 0.416 e. The lowest BCUT2D eigenvalue weighted by Crippen LogP contribution is -2.40. The largest absolute Gasteiger partial charge is 0.466 e. The molecule has 0 radical (unpaired) electrons. The van der Waals surface area contributed by atoms with Gasteiger partial charge < -0.3 is 15.4 Å². The SMILES string of the molecule is COC(=O)C1=C(C)NC(=O)C[C@H]1C(=O)Nc1cccc(C(F)(F)F)c1. The number of esters is 1. The van der Waals surface area contributed by atoms with Crippen LogP contribution in [0.25, 0.3) is 0 Å². The minimum Gasteiger partial charge on any atom is -0.466 e. The minimum absolute atomic E-state index is 0.0356. The first-order valence-electron chi connectivity index (χ1n) is 7.20. The smallest absolute Gasteiger partial charge is 0.416 e. The average molecular weight is 356 g/mol. The van der Waals surface area contributed by atoms with Gasteiger partial charge in [-0.2, -0.15) is 13.2 Å². The molecule has 1 aromatic carbocycles. The fourth-order valence-electron chi connectivity index (χ4n) is 2.51. The van der Waals surface area contributed by atoms with E-state index in [9.17, 15) is 27.6 Å². The van der Waals surface area contributed by atoms with Crippen LogP contribution in [0.3, 0.4) is 0 Å². The van der Waals surface area contributed by atoms with E-state index < -0.39 is 35.4 Å². The fraction of sp³-hybridized carbons (Fsp3) is 0.312. The molecule has 2 amide bonds. The van der Waals surface area contributed by atoms with Crippen molar-refractivity contribution in [2.75, 3.05) is 12.4 Å². The van der Waals surface area contributed by atoms with E-state index in [2.05, 4.69) is 15.4 Å². The van der Waals surface area contributed by atoms with E-state index in [0.717, 1.165) is 25.3 Å². The van der Waals surface area contributed by atoms with Crippen molar-refractivity contribution >= 4 is 23.5 Å². The lowest BCUT2D eigenvalue weighted by Gasteiger charge is -2.25. The Morgan fingerprint density at radius 2 is 2.00 bits per heavy atom.